The van der Waals surface area contributed by atoms with Gasteiger partial charge in [-0.3, -0.25) is 19.6 Å². The van der Waals surface area contributed by atoms with Crippen LogP contribution in [0.4, 0.5) is 0 Å². The first-order valence-corrected chi connectivity index (χ1v) is 5.47. The topological polar surface area (TPSA) is 111 Å². The predicted octanol–water partition coefficient (Wildman–Crippen LogP) is -0.0333. The SMILES string of the molecule is O=c1[nH]c(=O)c2nc(-c3ccccc3)c(=O)[nH]c2[nH]1. The fraction of sp³-hybridized carbons (Fsp3) is 0. The van der Waals surface area contributed by atoms with E-state index in [1.807, 2.05) is 6.07 Å². The van der Waals surface area contributed by atoms with E-state index in [9.17, 15) is 14.4 Å². The first kappa shape index (κ1) is 11.1. The maximum Gasteiger partial charge on any atom is 0.327 e. The summed E-state index contributed by atoms with van der Waals surface area (Å²) in [6, 6.07) is 8.76. The molecule has 0 amide bonds. The lowest BCUT2D eigenvalue weighted by Crippen LogP contribution is -2.26. The highest BCUT2D eigenvalue weighted by Gasteiger charge is 2.10. The molecule has 7 nitrogen and oxygen atoms in total. The van der Waals surface area contributed by atoms with E-state index in [2.05, 4.69) is 19.9 Å². The molecule has 0 spiro atoms. The van der Waals surface area contributed by atoms with E-state index < -0.39 is 16.8 Å². The van der Waals surface area contributed by atoms with Crippen LogP contribution < -0.4 is 16.8 Å². The molecule has 0 bridgehead atoms. The molecule has 7 heteroatoms. The van der Waals surface area contributed by atoms with Gasteiger partial charge in [0.25, 0.3) is 11.1 Å². The van der Waals surface area contributed by atoms with Crippen molar-refractivity contribution >= 4 is 11.2 Å². The summed E-state index contributed by atoms with van der Waals surface area (Å²) >= 11 is 0. The monoisotopic (exact) mass is 256 g/mol. The Hall–Kier alpha value is -2.96. The molecule has 0 fully saturated rings. The number of hydrogen-bond donors (Lipinski definition) is 3. The normalized spacial score (nSPS) is 10.7. The second-order valence-electron chi connectivity index (χ2n) is 3.91. The lowest BCUT2D eigenvalue weighted by atomic mass is 10.1. The van der Waals surface area contributed by atoms with Crippen molar-refractivity contribution in [3.05, 3.63) is 61.5 Å². The van der Waals surface area contributed by atoms with E-state index in [1.165, 1.54) is 0 Å². The molecule has 0 aliphatic carbocycles. The van der Waals surface area contributed by atoms with Crippen molar-refractivity contribution in [2.45, 2.75) is 0 Å². The van der Waals surface area contributed by atoms with E-state index in [0.29, 0.717) is 5.56 Å². The van der Waals surface area contributed by atoms with Crippen LogP contribution in [0.25, 0.3) is 22.4 Å². The minimum Gasteiger partial charge on any atom is -0.305 e. The molecule has 1 aromatic carbocycles. The molecule has 0 aliphatic rings. The third-order valence-corrected chi connectivity index (χ3v) is 2.64. The van der Waals surface area contributed by atoms with Crippen molar-refractivity contribution in [1.82, 2.24) is 19.9 Å². The van der Waals surface area contributed by atoms with Gasteiger partial charge in [0.2, 0.25) is 0 Å². The molecule has 3 aromatic rings. The maximum atomic E-state index is 11.9. The fourth-order valence-corrected chi connectivity index (χ4v) is 1.80. The van der Waals surface area contributed by atoms with Crippen molar-refractivity contribution in [2.75, 3.05) is 0 Å². The first-order valence-electron chi connectivity index (χ1n) is 5.47. The summed E-state index contributed by atoms with van der Waals surface area (Å²) in [7, 11) is 0. The molecule has 0 saturated heterocycles. The number of hydrogen-bond acceptors (Lipinski definition) is 4. The van der Waals surface area contributed by atoms with Gasteiger partial charge in [0, 0.05) is 5.56 Å². The van der Waals surface area contributed by atoms with E-state index in [-0.39, 0.29) is 16.9 Å². The predicted molar refractivity (Wildman–Crippen MR) is 69.0 cm³/mol. The lowest BCUT2D eigenvalue weighted by Gasteiger charge is -2.01. The number of aromatic nitrogens is 4. The number of benzene rings is 1. The maximum absolute atomic E-state index is 11.9. The van der Waals surface area contributed by atoms with Crippen LogP contribution in [0.5, 0.6) is 0 Å². The summed E-state index contributed by atoms with van der Waals surface area (Å²) in [5.74, 6) is 0. The number of nitrogens with one attached hydrogen (secondary N) is 3. The Morgan fingerprint density at radius 2 is 1.58 bits per heavy atom. The number of aromatic amines is 3. The molecule has 0 aliphatic heterocycles. The molecular formula is C12H8N4O3. The summed E-state index contributed by atoms with van der Waals surface area (Å²) in [4.78, 5) is 45.5. The molecule has 94 valence electrons. The average molecular weight is 256 g/mol. The number of H-pyrrole nitrogens is 3. The molecule has 2 heterocycles. The van der Waals surface area contributed by atoms with Crippen molar-refractivity contribution < 1.29 is 0 Å². The summed E-state index contributed by atoms with van der Waals surface area (Å²) in [5.41, 5.74) is -1.09. The second-order valence-corrected chi connectivity index (χ2v) is 3.91. The average Bonchev–Trinajstić information content (AvgIpc) is 2.38. The van der Waals surface area contributed by atoms with Gasteiger partial charge in [0.1, 0.15) is 11.3 Å². The minimum absolute atomic E-state index is 0.0124. The van der Waals surface area contributed by atoms with Crippen LogP contribution in [0.3, 0.4) is 0 Å². The van der Waals surface area contributed by atoms with Gasteiger partial charge in [0.05, 0.1) is 0 Å². The van der Waals surface area contributed by atoms with Crippen molar-refractivity contribution in [2.24, 2.45) is 0 Å². The zero-order valence-corrected chi connectivity index (χ0v) is 9.56. The van der Waals surface area contributed by atoms with Crippen LogP contribution in [0.15, 0.2) is 44.7 Å². The van der Waals surface area contributed by atoms with Crippen LogP contribution >= 0.6 is 0 Å². The van der Waals surface area contributed by atoms with Crippen LogP contribution in [0.1, 0.15) is 0 Å². The number of fused-ring (bicyclic) bond motifs is 1. The van der Waals surface area contributed by atoms with E-state index in [4.69, 9.17) is 0 Å². The largest absolute Gasteiger partial charge is 0.327 e. The Bertz CT molecular complexity index is 921. The minimum atomic E-state index is -0.692. The summed E-state index contributed by atoms with van der Waals surface area (Å²) in [6.07, 6.45) is 0. The van der Waals surface area contributed by atoms with E-state index >= 15 is 0 Å². The van der Waals surface area contributed by atoms with Crippen LogP contribution in [-0.4, -0.2) is 19.9 Å². The zero-order chi connectivity index (χ0) is 13.4. The van der Waals surface area contributed by atoms with Crippen molar-refractivity contribution in [1.29, 1.82) is 0 Å². The van der Waals surface area contributed by atoms with Crippen molar-refractivity contribution in [3.63, 3.8) is 0 Å². The zero-order valence-electron chi connectivity index (χ0n) is 9.56. The third kappa shape index (κ3) is 1.86. The van der Waals surface area contributed by atoms with Crippen LogP contribution in [0.2, 0.25) is 0 Å². The molecule has 0 radical (unpaired) electrons. The molecule has 19 heavy (non-hydrogen) atoms. The Labute approximate surface area is 105 Å². The highest BCUT2D eigenvalue weighted by molar-refractivity contribution is 5.72. The molecule has 2 aromatic heterocycles. The summed E-state index contributed by atoms with van der Waals surface area (Å²) in [6.45, 7) is 0. The van der Waals surface area contributed by atoms with Gasteiger partial charge in [-0.05, 0) is 0 Å². The molecule has 3 rings (SSSR count). The Morgan fingerprint density at radius 3 is 2.32 bits per heavy atom. The smallest absolute Gasteiger partial charge is 0.305 e. The van der Waals surface area contributed by atoms with Gasteiger partial charge in [0.15, 0.2) is 5.52 Å². The molecule has 3 N–H and O–H groups in total. The number of nitrogens with zero attached hydrogens (tertiary/aromatic N) is 1. The second kappa shape index (κ2) is 4.05. The fourth-order valence-electron chi connectivity index (χ4n) is 1.80. The van der Waals surface area contributed by atoms with Gasteiger partial charge >= 0.3 is 5.69 Å². The first-order chi connectivity index (χ1) is 9.15. The summed E-state index contributed by atoms with van der Waals surface area (Å²) in [5, 5.41) is 0. The van der Waals surface area contributed by atoms with Crippen LogP contribution in [-0.2, 0) is 0 Å². The highest BCUT2D eigenvalue weighted by Crippen LogP contribution is 2.12. The number of rotatable bonds is 1. The standard InChI is InChI=1S/C12H8N4O3/c17-10-7(6-4-2-1-3-5-6)13-8-9(14-10)15-12(19)16-11(8)18/h1-5H,(H3,14,15,16,17,18,19). The van der Waals surface area contributed by atoms with Crippen LogP contribution in [0, 0.1) is 0 Å². The van der Waals surface area contributed by atoms with Gasteiger partial charge in [-0.15, -0.1) is 0 Å². The van der Waals surface area contributed by atoms with Gasteiger partial charge in [-0.2, -0.15) is 0 Å². The van der Waals surface area contributed by atoms with Crippen molar-refractivity contribution in [3.8, 4) is 11.3 Å². The Kier molecular flexibility index (Phi) is 2.38. The molecule has 0 atom stereocenters. The molecular weight excluding hydrogens is 248 g/mol. The highest BCUT2D eigenvalue weighted by atomic mass is 16.2. The van der Waals surface area contributed by atoms with Gasteiger partial charge in [-0.1, -0.05) is 30.3 Å². The Morgan fingerprint density at radius 1 is 0.842 bits per heavy atom. The Balaban J connectivity index is 2.41. The quantitative estimate of drug-likeness (QED) is 0.567. The van der Waals surface area contributed by atoms with E-state index in [1.54, 1.807) is 24.3 Å². The molecule has 0 saturated carbocycles. The molecule has 0 unspecified atom stereocenters. The lowest BCUT2D eigenvalue weighted by molar-refractivity contribution is 1.03. The van der Waals surface area contributed by atoms with Gasteiger partial charge in [-0.25, -0.2) is 9.78 Å². The third-order valence-electron chi connectivity index (χ3n) is 2.64. The van der Waals surface area contributed by atoms with E-state index in [0.717, 1.165) is 0 Å². The van der Waals surface area contributed by atoms with Gasteiger partial charge < -0.3 is 4.98 Å². The summed E-state index contributed by atoms with van der Waals surface area (Å²) < 4.78 is 0.